The second-order valence-electron chi connectivity index (χ2n) is 4.38. The minimum atomic E-state index is -3.07. The van der Waals surface area contributed by atoms with Gasteiger partial charge in [0.15, 0.2) is 11.5 Å². The maximum absolute atomic E-state index is 12.8. The highest BCUT2D eigenvalue weighted by Crippen LogP contribution is 2.53. The molecule has 1 aromatic rings. The molecule has 102 valence electrons. The number of nitrogens with zero attached hydrogens (tertiary/aromatic N) is 2. The number of methoxy groups -OCH3 is 1. The summed E-state index contributed by atoms with van der Waals surface area (Å²) in [5, 5.41) is 0. The zero-order valence-corrected chi connectivity index (χ0v) is 12.7. The first kappa shape index (κ1) is 15.0. The van der Waals surface area contributed by atoms with Crippen LogP contribution >= 0.6 is 7.67 Å². The van der Waals surface area contributed by atoms with Gasteiger partial charge in [-0.25, -0.2) is 13.9 Å². The van der Waals surface area contributed by atoms with E-state index in [4.69, 9.17) is 9.26 Å². The summed E-state index contributed by atoms with van der Waals surface area (Å²) in [6, 6.07) is 5.56. The molecule has 0 fully saturated rings. The highest BCUT2D eigenvalue weighted by atomic mass is 31.2. The van der Waals surface area contributed by atoms with Crippen LogP contribution in [0, 0.1) is 6.92 Å². The summed E-state index contributed by atoms with van der Waals surface area (Å²) < 4.78 is 26.9. The SMILES string of the molecule is COc1cccc(C)c1OP(=O)(N(C)C)N(C)C. The van der Waals surface area contributed by atoms with Crippen LogP contribution in [0.2, 0.25) is 0 Å². The van der Waals surface area contributed by atoms with Crippen LogP contribution in [-0.4, -0.2) is 44.6 Å². The molecule has 0 saturated heterocycles. The van der Waals surface area contributed by atoms with Crippen molar-refractivity contribution in [2.24, 2.45) is 0 Å². The van der Waals surface area contributed by atoms with Crippen LogP contribution in [0.4, 0.5) is 0 Å². The number of para-hydroxylation sites is 1. The molecule has 0 saturated carbocycles. The van der Waals surface area contributed by atoms with Crippen LogP contribution in [-0.2, 0) is 4.57 Å². The lowest BCUT2D eigenvalue weighted by atomic mass is 10.2. The zero-order chi connectivity index (χ0) is 13.9. The molecule has 0 aromatic heterocycles. The first-order valence-corrected chi connectivity index (χ1v) is 7.14. The average Bonchev–Trinajstić information content (AvgIpc) is 2.30. The molecule has 0 atom stereocenters. The fourth-order valence-corrected chi connectivity index (χ4v) is 3.06. The van der Waals surface area contributed by atoms with E-state index < -0.39 is 7.67 Å². The number of hydrogen-bond donors (Lipinski definition) is 0. The normalized spacial score (nSPS) is 12.0. The van der Waals surface area contributed by atoms with Crippen molar-refractivity contribution >= 4 is 7.67 Å². The molecule has 0 aliphatic heterocycles. The molecule has 0 unspecified atom stereocenters. The molecule has 0 radical (unpaired) electrons. The molecular weight excluding hydrogens is 251 g/mol. The monoisotopic (exact) mass is 272 g/mol. The van der Waals surface area contributed by atoms with Gasteiger partial charge in [-0.3, -0.25) is 0 Å². The standard InChI is InChI=1S/C12H21N2O3P/c1-10-8-7-9-11(16-6)12(10)17-18(15,13(2)3)14(4)5/h7-9H,1-6H3. The minimum absolute atomic E-state index is 0.519. The van der Waals surface area contributed by atoms with Crippen LogP contribution in [0.3, 0.4) is 0 Å². The average molecular weight is 272 g/mol. The van der Waals surface area contributed by atoms with Gasteiger partial charge in [0.1, 0.15) is 0 Å². The molecule has 0 bridgehead atoms. The van der Waals surface area contributed by atoms with Gasteiger partial charge < -0.3 is 9.26 Å². The number of hydrogen-bond acceptors (Lipinski definition) is 3. The molecule has 0 aliphatic rings. The lowest BCUT2D eigenvalue weighted by Crippen LogP contribution is -2.24. The van der Waals surface area contributed by atoms with Gasteiger partial charge in [0, 0.05) is 0 Å². The Hall–Kier alpha value is -1.03. The van der Waals surface area contributed by atoms with Gasteiger partial charge in [-0.2, -0.15) is 0 Å². The summed E-state index contributed by atoms with van der Waals surface area (Å²) in [7, 11) is 5.41. The van der Waals surface area contributed by atoms with Crippen LogP contribution < -0.4 is 9.26 Å². The van der Waals surface area contributed by atoms with Crippen LogP contribution in [0.1, 0.15) is 5.56 Å². The molecule has 0 spiro atoms. The molecule has 0 aliphatic carbocycles. The first-order valence-electron chi connectivity index (χ1n) is 5.61. The molecule has 1 rings (SSSR count). The smallest absolute Gasteiger partial charge is 0.394 e. The maximum Gasteiger partial charge on any atom is 0.394 e. The van der Waals surface area contributed by atoms with Crippen LogP contribution in [0.25, 0.3) is 0 Å². The first-order chi connectivity index (χ1) is 8.32. The lowest BCUT2D eigenvalue weighted by Gasteiger charge is -2.30. The third-order valence-corrected chi connectivity index (χ3v) is 5.06. The fraction of sp³-hybridized carbons (Fsp3) is 0.500. The van der Waals surface area contributed by atoms with Crippen molar-refractivity contribution in [3.05, 3.63) is 23.8 Å². The summed E-state index contributed by atoms with van der Waals surface area (Å²) in [5.74, 6) is 1.10. The van der Waals surface area contributed by atoms with E-state index in [1.807, 2.05) is 19.1 Å². The van der Waals surface area contributed by atoms with Gasteiger partial charge in [0.05, 0.1) is 7.11 Å². The van der Waals surface area contributed by atoms with Gasteiger partial charge in [0.2, 0.25) is 0 Å². The number of benzene rings is 1. The molecule has 18 heavy (non-hydrogen) atoms. The highest BCUT2D eigenvalue weighted by Gasteiger charge is 2.32. The summed E-state index contributed by atoms with van der Waals surface area (Å²) in [6.45, 7) is 1.90. The summed E-state index contributed by atoms with van der Waals surface area (Å²) in [5.41, 5.74) is 0.887. The van der Waals surface area contributed by atoms with Gasteiger partial charge in [-0.15, -0.1) is 0 Å². The molecular formula is C12H21N2O3P. The van der Waals surface area contributed by atoms with Crippen molar-refractivity contribution in [3.63, 3.8) is 0 Å². The molecule has 5 nitrogen and oxygen atoms in total. The van der Waals surface area contributed by atoms with Crippen molar-refractivity contribution in [3.8, 4) is 11.5 Å². The second kappa shape index (κ2) is 5.74. The third-order valence-electron chi connectivity index (χ3n) is 2.62. The zero-order valence-electron chi connectivity index (χ0n) is 11.8. The third kappa shape index (κ3) is 2.86. The maximum atomic E-state index is 12.8. The summed E-state index contributed by atoms with van der Waals surface area (Å²) in [6.07, 6.45) is 0. The van der Waals surface area contributed by atoms with Gasteiger partial charge in [0.25, 0.3) is 0 Å². The fourth-order valence-electron chi connectivity index (χ4n) is 1.54. The van der Waals surface area contributed by atoms with Crippen molar-refractivity contribution in [2.45, 2.75) is 6.92 Å². The Morgan fingerprint density at radius 1 is 1.11 bits per heavy atom. The Morgan fingerprint density at radius 3 is 2.11 bits per heavy atom. The molecule has 1 aromatic carbocycles. The van der Waals surface area contributed by atoms with Gasteiger partial charge in [-0.1, -0.05) is 12.1 Å². The van der Waals surface area contributed by atoms with Crippen molar-refractivity contribution in [2.75, 3.05) is 35.3 Å². The molecule has 0 N–H and O–H groups in total. The van der Waals surface area contributed by atoms with Crippen molar-refractivity contribution < 1.29 is 13.8 Å². The Labute approximate surface area is 109 Å². The number of rotatable bonds is 5. The number of ether oxygens (including phenoxy) is 1. The van der Waals surface area contributed by atoms with E-state index in [1.165, 1.54) is 0 Å². The van der Waals surface area contributed by atoms with E-state index in [-0.39, 0.29) is 0 Å². The van der Waals surface area contributed by atoms with Crippen LogP contribution in [0.5, 0.6) is 11.5 Å². The molecule has 0 heterocycles. The number of aryl methyl sites for hydroxylation is 1. The van der Waals surface area contributed by atoms with E-state index in [0.29, 0.717) is 11.5 Å². The largest absolute Gasteiger partial charge is 0.493 e. The van der Waals surface area contributed by atoms with Crippen LogP contribution in [0.15, 0.2) is 18.2 Å². The second-order valence-corrected chi connectivity index (χ2v) is 7.15. The Morgan fingerprint density at radius 2 is 1.67 bits per heavy atom. The summed E-state index contributed by atoms with van der Waals surface area (Å²) in [4.78, 5) is 0. The van der Waals surface area contributed by atoms with E-state index >= 15 is 0 Å². The topological polar surface area (TPSA) is 42.0 Å². The molecule has 0 amide bonds. The van der Waals surface area contributed by atoms with E-state index in [1.54, 1.807) is 50.7 Å². The van der Waals surface area contributed by atoms with Gasteiger partial charge in [-0.05, 0) is 46.7 Å². The minimum Gasteiger partial charge on any atom is -0.493 e. The Balaban J connectivity index is 3.21. The van der Waals surface area contributed by atoms with Crippen molar-refractivity contribution in [1.82, 2.24) is 9.34 Å². The van der Waals surface area contributed by atoms with E-state index in [0.717, 1.165) is 5.56 Å². The Kier molecular flexibility index (Phi) is 4.79. The van der Waals surface area contributed by atoms with Gasteiger partial charge >= 0.3 is 7.67 Å². The lowest BCUT2D eigenvalue weighted by molar-refractivity contribution is 0.336. The summed E-state index contributed by atoms with van der Waals surface area (Å²) >= 11 is 0. The predicted molar refractivity (Wildman–Crippen MR) is 73.3 cm³/mol. The van der Waals surface area contributed by atoms with E-state index in [2.05, 4.69) is 0 Å². The quantitative estimate of drug-likeness (QED) is 0.771. The predicted octanol–water partition coefficient (Wildman–Crippen LogP) is 2.61. The molecule has 6 heteroatoms. The van der Waals surface area contributed by atoms with Crippen molar-refractivity contribution in [1.29, 1.82) is 0 Å². The van der Waals surface area contributed by atoms with E-state index in [9.17, 15) is 4.57 Å². The Bertz CT molecular complexity index is 449. The highest BCUT2D eigenvalue weighted by molar-refractivity contribution is 7.54.